The zero-order valence-corrected chi connectivity index (χ0v) is 13.9. The number of rotatable bonds is 8. The number of nitrogens with one attached hydrogen (secondary N) is 2. The van der Waals surface area contributed by atoms with Crippen LogP contribution >= 0.6 is 15.9 Å². The summed E-state index contributed by atoms with van der Waals surface area (Å²) in [6, 6.07) is 6.01. The summed E-state index contributed by atoms with van der Waals surface area (Å²) in [5.74, 6) is 0.623. The molecule has 2 N–H and O–H groups in total. The van der Waals surface area contributed by atoms with Crippen molar-refractivity contribution in [3.8, 4) is 5.75 Å². The molecule has 0 saturated carbocycles. The molecule has 20 heavy (non-hydrogen) atoms. The summed E-state index contributed by atoms with van der Waals surface area (Å²) in [7, 11) is 0. The van der Waals surface area contributed by atoms with Gasteiger partial charge in [-0.2, -0.15) is 0 Å². The van der Waals surface area contributed by atoms with Crippen molar-refractivity contribution in [3.63, 3.8) is 0 Å². The lowest BCUT2D eigenvalue weighted by Crippen LogP contribution is -2.34. The maximum absolute atomic E-state index is 11.6. The standard InChI is InChI=1S/C15H23BrN2O2/c1-4-8-17-9-12-6-5-7-13(16)15(12)20-10-14(19)18-11(2)3/h5-7,11,17H,4,8-10H2,1-3H3,(H,18,19). The molecule has 1 amide bonds. The van der Waals surface area contributed by atoms with Crippen LogP contribution in [-0.2, 0) is 11.3 Å². The highest BCUT2D eigenvalue weighted by Gasteiger charge is 2.10. The first-order valence-corrected chi connectivity index (χ1v) is 7.74. The number of amides is 1. The number of carbonyl (C=O) groups excluding carboxylic acids is 1. The number of hydrogen-bond donors (Lipinski definition) is 2. The molecule has 0 heterocycles. The van der Waals surface area contributed by atoms with Crippen molar-refractivity contribution in [2.24, 2.45) is 0 Å². The minimum Gasteiger partial charge on any atom is -0.482 e. The molecule has 0 aromatic heterocycles. The third kappa shape index (κ3) is 5.92. The molecule has 0 spiro atoms. The normalized spacial score (nSPS) is 10.7. The Morgan fingerprint density at radius 2 is 2.15 bits per heavy atom. The largest absolute Gasteiger partial charge is 0.482 e. The molecule has 0 radical (unpaired) electrons. The Morgan fingerprint density at radius 3 is 2.80 bits per heavy atom. The lowest BCUT2D eigenvalue weighted by atomic mass is 10.2. The highest BCUT2D eigenvalue weighted by atomic mass is 79.9. The van der Waals surface area contributed by atoms with Crippen LogP contribution in [0, 0.1) is 0 Å². The predicted octanol–water partition coefficient (Wildman–Crippen LogP) is 2.85. The van der Waals surface area contributed by atoms with Crippen LogP contribution in [0.5, 0.6) is 5.75 Å². The van der Waals surface area contributed by atoms with Gasteiger partial charge in [0.1, 0.15) is 5.75 Å². The third-order valence-corrected chi connectivity index (χ3v) is 3.21. The van der Waals surface area contributed by atoms with Crippen LogP contribution < -0.4 is 15.4 Å². The number of benzene rings is 1. The van der Waals surface area contributed by atoms with Gasteiger partial charge >= 0.3 is 0 Å². The molecule has 0 unspecified atom stereocenters. The van der Waals surface area contributed by atoms with E-state index in [1.807, 2.05) is 32.0 Å². The summed E-state index contributed by atoms with van der Waals surface area (Å²) < 4.78 is 6.53. The smallest absolute Gasteiger partial charge is 0.258 e. The molecule has 112 valence electrons. The fourth-order valence-corrected chi connectivity index (χ4v) is 2.28. The average Bonchev–Trinajstić information content (AvgIpc) is 2.37. The second-order valence-electron chi connectivity index (χ2n) is 4.92. The summed E-state index contributed by atoms with van der Waals surface area (Å²) in [4.78, 5) is 11.6. The number of carbonyl (C=O) groups is 1. The predicted molar refractivity (Wildman–Crippen MR) is 84.9 cm³/mol. The molecule has 0 bridgehead atoms. The Hall–Kier alpha value is -1.07. The number of halogens is 1. The van der Waals surface area contributed by atoms with E-state index in [1.165, 1.54) is 0 Å². The van der Waals surface area contributed by atoms with Crippen molar-refractivity contribution < 1.29 is 9.53 Å². The van der Waals surface area contributed by atoms with E-state index in [2.05, 4.69) is 33.5 Å². The number of ether oxygens (including phenoxy) is 1. The first-order chi connectivity index (χ1) is 9.54. The fraction of sp³-hybridized carbons (Fsp3) is 0.533. The van der Waals surface area contributed by atoms with Gasteiger partial charge < -0.3 is 15.4 Å². The quantitative estimate of drug-likeness (QED) is 0.714. The van der Waals surface area contributed by atoms with Crippen LogP contribution in [0.3, 0.4) is 0 Å². The van der Waals surface area contributed by atoms with E-state index in [9.17, 15) is 4.79 Å². The van der Waals surface area contributed by atoms with Gasteiger partial charge in [-0.1, -0.05) is 19.1 Å². The van der Waals surface area contributed by atoms with E-state index in [0.717, 1.165) is 35.3 Å². The molecule has 0 aliphatic carbocycles. The zero-order chi connectivity index (χ0) is 15.0. The Morgan fingerprint density at radius 1 is 1.40 bits per heavy atom. The van der Waals surface area contributed by atoms with Crippen LogP contribution in [0.15, 0.2) is 22.7 Å². The molecule has 0 atom stereocenters. The number of para-hydroxylation sites is 1. The van der Waals surface area contributed by atoms with Gasteiger partial charge in [0.15, 0.2) is 6.61 Å². The van der Waals surface area contributed by atoms with Crippen LogP contribution in [-0.4, -0.2) is 25.1 Å². The Labute approximate surface area is 129 Å². The van der Waals surface area contributed by atoms with Crippen LogP contribution in [0.25, 0.3) is 0 Å². The molecule has 0 fully saturated rings. The molecule has 5 heteroatoms. The van der Waals surface area contributed by atoms with E-state index >= 15 is 0 Å². The van der Waals surface area contributed by atoms with Gasteiger partial charge in [0, 0.05) is 18.2 Å². The Bertz CT molecular complexity index is 436. The summed E-state index contributed by atoms with van der Waals surface area (Å²) in [5.41, 5.74) is 1.05. The van der Waals surface area contributed by atoms with E-state index in [0.29, 0.717) is 0 Å². The van der Waals surface area contributed by atoms with Crippen LogP contribution in [0.4, 0.5) is 0 Å². The minimum atomic E-state index is -0.108. The third-order valence-electron chi connectivity index (χ3n) is 2.59. The van der Waals surface area contributed by atoms with Gasteiger partial charge in [-0.05, 0) is 48.8 Å². The topological polar surface area (TPSA) is 50.4 Å². The van der Waals surface area contributed by atoms with Gasteiger partial charge in [-0.25, -0.2) is 0 Å². The second-order valence-corrected chi connectivity index (χ2v) is 5.77. The van der Waals surface area contributed by atoms with Crippen molar-refractivity contribution in [2.75, 3.05) is 13.2 Å². The van der Waals surface area contributed by atoms with Crippen molar-refractivity contribution >= 4 is 21.8 Å². The van der Waals surface area contributed by atoms with E-state index in [-0.39, 0.29) is 18.6 Å². The molecule has 1 aromatic carbocycles. The minimum absolute atomic E-state index is 0.0293. The summed E-state index contributed by atoms with van der Waals surface area (Å²) >= 11 is 3.47. The fourth-order valence-electron chi connectivity index (χ4n) is 1.76. The van der Waals surface area contributed by atoms with Gasteiger partial charge in [-0.3, -0.25) is 4.79 Å². The van der Waals surface area contributed by atoms with Gasteiger partial charge in [0.2, 0.25) is 0 Å². The highest BCUT2D eigenvalue weighted by Crippen LogP contribution is 2.29. The molecule has 4 nitrogen and oxygen atoms in total. The molecular weight excluding hydrogens is 320 g/mol. The molecule has 0 saturated heterocycles. The number of hydrogen-bond acceptors (Lipinski definition) is 3. The molecular formula is C15H23BrN2O2. The monoisotopic (exact) mass is 342 g/mol. The van der Waals surface area contributed by atoms with E-state index in [4.69, 9.17) is 4.74 Å². The maximum atomic E-state index is 11.6. The lowest BCUT2D eigenvalue weighted by molar-refractivity contribution is -0.123. The van der Waals surface area contributed by atoms with Gasteiger partial charge in [-0.15, -0.1) is 0 Å². The van der Waals surface area contributed by atoms with E-state index in [1.54, 1.807) is 0 Å². The Balaban J connectivity index is 2.65. The van der Waals surface area contributed by atoms with E-state index < -0.39 is 0 Å². The van der Waals surface area contributed by atoms with Gasteiger partial charge in [0.25, 0.3) is 5.91 Å². The van der Waals surface area contributed by atoms with Crippen molar-refractivity contribution in [2.45, 2.75) is 39.8 Å². The highest BCUT2D eigenvalue weighted by molar-refractivity contribution is 9.10. The SMILES string of the molecule is CCCNCc1cccc(Br)c1OCC(=O)NC(C)C. The van der Waals surface area contributed by atoms with Crippen molar-refractivity contribution in [1.82, 2.24) is 10.6 Å². The molecule has 1 rings (SSSR count). The Kier molecular flexibility index (Phi) is 7.62. The molecule has 0 aliphatic rings. The second kappa shape index (κ2) is 8.97. The van der Waals surface area contributed by atoms with Gasteiger partial charge in [0.05, 0.1) is 4.47 Å². The lowest BCUT2D eigenvalue weighted by Gasteiger charge is -2.14. The summed E-state index contributed by atoms with van der Waals surface area (Å²) in [6.45, 7) is 7.70. The van der Waals surface area contributed by atoms with Crippen LogP contribution in [0.2, 0.25) is 0 Å². The first-order valence-electron chi connectivity index (χ1n) is 6.94. The van der Waals surface area contributed by atoms with Crippen LogP contribution in [0.1, 0.15) is 32.8 Å². The first kappa shape index (κ1) is 17.0. The summed E-state index contributed by atoms with van der Waals surface area (Å²) in [6.07, 6.45) is 1.08. The van der Waals surface area contributed by atoms with Crippen molar-refractivity contribution in [1.29, 1.82) is 0 Å². The molecule has 0 aliphatic heterocycles. The van der Waals surface area contributed by atoms with Crippen molar-refractivity contribution in [3.05, 3.63) is 28.2 Å². The zero-order valence-electron chi connectivity index (χ0n) is 12.3. The maximum Gasteiger partial charge on any atom is 0.258 e. The molecule has 1 aromatic rings. The average molecular weight is 343 g/mol. The summed E-state index contributed by atoms with van der Waals surface area (Å²) in [5, 5.41) is 6.15.